The molecule has 1 fully saturated rings. The number of aliphatic hydroxyl groups excluding tert-OH is 1. The second kappa shape index (κ2) is 6.06. The minimum atomic E-state index is -0.753. The second-order valence-corrected chi connectivity index (χ2v) is 8.29. The van der Waals surface area contributed by atoms with Crippen LogP contribution in [0.25, 0.3) is 5.69 Å². The van der Waals surface area contributed by atoms with Crippen LogP contribution < -0.4 is 5.32 Å². The number of carbonyl (C=O) groups excluding carboxylic acids is 1. The Morgan fingerprint density at radius 1 is 1.42 bits per heavy atom. The molecular formula is C19H21ClFN3O2. The molecule has 138 valence electrons. The molecule has 26 heavy (non-hydrogen) atoms. The molecule has 2 aliphatic rings. The Labute approximate surface area is 156 Å². The van der Waals surface area contributed by atoms with Gasteiger partial charge in [0.15, 0.2) is 5.69 Å². The summed E-state index contributed by atoms with van der Waals surface area (Å²) < 4.78 is 16.1. The highest BCUT2D eigenvalue weighted by molar-refractivity contribution is 6.30. The van der Waals surface area contributed by atoms with Crippen molar-refractivity contribution in [2.75, 3.05) is 6.61 Å². The Hall–Kier alpha value is -1.92. The molecule has 0 aliphatic heterocycles. The van der Waals surface area contributed by atoms with Gasteiger partial charge in [0.1, 0.15) is 11.5 Å². The van der Waals surface area contributed by atoms with Crippen molar-refractivity contribution >= 4 is 17.5 Å². The van der Waals surface area contributed by atoms with Gasteiger partial charge in [0.2, 0.25) is 0 Å². The maximum atomic E-state index is 14.5. The zero-order chi connectivity index (χ0) is 18.6. The van der Waals surface area contributed by atoms with Crippen molar-refractivity contribution in [1.82, 2.24) is 15.1 Å². The molecule has 5 nitrogen and oxygen atoms in total. The molecule has 0 saturated heterocycles. The smallest absolute Gasteiger partial charge is 0.272 e. The highest BCUT2D eigenvalue weighted by Gasteiger charge is 2.44. The molecule has 2 N–H and O–H groups in total. The van der Waals surface area contributed by atoms with Gasteiger partial charge in [-0.1, -0.05) is 11.6 Å². The molecule has 2 aliphatic carbocycles. The number of amides is 1. The van der Waals surface area contributed by atoms with Gasteiger partial charge >= 0.3 is 0 Å². The quantitative estimate of drug-likeness (QED) is 0.856. The van der Waals surface area contributed by atoms with Crippen LogP contribution in [0.3, 0.4) is 0 Å². The molecular weight excluding hydrogens is 357 g/mol. The molecule has 2 aromatic rings. The third kappa shape index (κ3) is 2.72. The number of halogens is 2. The van der Waals surface area contributed by atoms with Gasteiger partial charge in [-0.15, -0.1) is 0 Å². The fourth-order valence-corrected chi connectivity index (χ4v) is 4.30. The number of nitrogens with zero attached hydrogens (tertiary/aromatic N) is 2. The summed E-state index contributed by atoms with van der Waals surface area (Å²) in [6.45, 7) is 3.31. The predicted molar refractivity (Wildman–Crippen MR) is 96.5 cm³/mol. The standard InChI is InChI=1S/C19H21ClFN3O2/c1-19(2,9-25)22-18(26)16-15-10-3-4-11(7-10)17(15)24(23-16)14-6-5-12(20)8-13(14)21/h5-6,8,10-11,25H,3-4,7,9H2,1-2H3,(H,22,26). The highest BCUT2D eigenvalue weighted by Crippen LogP contribution is 2.54. The maximum absolute atomic E-state index is 14.5. The van der Waals surface area contributed by atoms with Crippen molar-refractivity contribution in [2.24, 2.45) is 0 Å². The molecule has 4 rings (SSSR count). The Kier molecular flexibility index (Phi) is 4.08. The van der Waals surface area contributed by atoms with Crippen molar-refractivity contribution < 1.29 is 14.3 Å². The minimum absolute atomic E-state index is 0.181. The first-order chi connectivity index (χ1) is 12.3. The minimum Gasteiger partial charge on any atom is -0.394 e. The average Bonchev–Trinajstić information content (AvgIpc) is 3.26. The van der Waals surface area contributed by atoms with E-state index in [1.165, 1.54) is 6.07 Å². The fourth-order valence-electron chi connectivity index (χ4n) is 4.14. The molecule has 1 aromatic carbocycles. The van der Waals surface area contributed by atoms with Gasteiger partial charge in [-0.25, -0.2) is 9.07 Å². The van der Waals surface area contributed by atoms with Crippen LogP contribution in [-0.2, 0) is 0 Å². The number of aromatic nitrogens is 2. The molecule has 2 bridgehead atoms. The fraction of sp³-hybridized carbons (Fsp3) is 0.474. The normalized spacial score (nSPS) is 21.1. The first-order valence-corrected chi connectivity index (χ1v) is 9.20. The van der Waals surface area contributed by atoms with E-state index in [-0.39, 0.29) is 18.4 Å². The second-order valence-electron chi connectivity index (χ2n) is 7.86. The van der Waals surface area contributed by atoms with Crippen molar-refractivity contribution in [1.29, 1.82) is 0 Å². The number of fused-ring (bicyclic) bond motifs is 5. The summed E-state index contributed by atoms with van der Waals surface area (Å²) in [5.41, 5.74) is 1.76. The van der Waals surface area contributed by atoms with Crippen molar-refractivity contribution in [3.05, 3.63) is 46.0 Å². The monoisotopic (exact) mass is 377 g/mol. The number of carbonyl (C=O) groups is 1. The Bertz CT molecular complexity index is 893. The number of rotatable bonds is 4. The van der Waals surface area contributed by atoms with E-state index in [2.05, 4.69) is 10.4 Å². The maximum Gasteiger partial charge on any atom is 0.272 e. The first kappa shape index (κ1) is 17.5. The van der Waals surface area contributed by atoms with E-state index < -0.39 is 11.4 Å². The molecule has 1 saturated carbocycles. The van der Waals surface area contributed by atoms with Crippen LogP contribution in [0.1, 0.15) is 66.7 Å². The van der Waals surface area contributed by atoms with Crippen LogP contribution in [-0.4, -0.2) is 32.9 Å². The van der Waals surface area contributed by atoms with Crippen LogP contribution in [0.5, 0.6) is 0 Å². The molecule has 2 atom stereocenters. The van der Waals surface area contributed by atoms with E-state index in [1.807, 2.05) is 0 Å². The van der Waals surface area contributed by atoms with Gasteiger partial charge in [0.05, 0.1) is 17.8 Å². The van der Waals surface area contributed by atoms with E-state index in [4.69, 9.17) is 11.6 Å². The Balaban J connectivity index is 1.83. The SMILES string of the molecule is CC(C)(CO)NC(=O)c1nn(-c2ccc(Cl)cc2F)c2c1C1CCC2C1. The summed E-state index contributed by atoms with van der Waals surface area (Å²) in [4.78, 5) is 12.8. The van der Waals surface area contributed by atoms with Gasteiger partial charge in [-0.3, -0.25) is 4.79 Å². The summed E-state index contributed by atoms with van der Waals surface area (Å²) >= 11 is 5.87. The molecule has 0 radical (unpaired) electrons. The summed E-state index contributed by atoms with van der Waals surface area (Å²) in [7, 11) is 0. The van der Waals surface area contributed by atoms with E-state index in [0.717, 1.165) is 30.5 Å². The van der Waals surface area contributed by atoms with Gasteiger partial charge in [-0.05, 0) is 57.2 Å². The van der Waals surface area contributed by atoms with E-state index in [0.29, 0.717) is 22.3 Å². The number of benzene rings is 1. The zero-order valence-corrected chi connectivity index (χ0v) is 15.5. The number of hydrogen-bond acceptors (Lipinski definition) is 3. The molecule has 2 unspecified atom stereocenters. The lowest BCUT2D eigenvalue weighted by Gasteiger charge is -2.23. The van der Waals surface area contributed by atoms with Gasteiger partial charge in [0.25, 0.3) is 5.91 Å². The summed E-state index contributed by atoms with van der Waals surface area (Å²) in [6, 6.07) is 4.47. The lowest BCUT2D eigenvalue weighted by atomic mass is 9.94. The van der Waals surface area contributed by atoms with Crippen LogP contribution >= 0.6 is 11.6 Å². The number of hydrogen-bond donors (Lipinski definition) is 2. The topological polar surface area (TPSA) is 67.2 Å². The van der Waals surface area contributed by atoms with Gasteiger partial charge < -0.3 is 10.4 Å². The zero-order valence-electron chi connectivity index (χ0n) is 14.7. The van der Waals surface area contributed by atoms with Gasteiger partial charge in [-0.2, -0.15) is 5.10 Å². The van der Waals surface area contributed by atoms with Crippen molar-refractivity contribution in [3.8, 4) is 5.69 Å². The first-order valence-electron chi connectivity index (χ1n) is 8.82. The third-order valence-corrected chi connectivity index (χ3v) is 5.62. The van der Waals surface area contributed by atoms with E-state index in [9.17, 15) is 14.3 Å². The lowest BCUT2D eigenvalue weighted by molar-refractivity contribution is 0.0862. The molecule has 0 spiro atoms. The van der Waals surface area contributed by atoms with Crippen molar-refractivity contribution in [2.45, 2.75) is 50.5 Å². The largest absolute Gasteiger partial charge is 0.394 e. The lowest BCUT2D eigenvalue weighted by Crippen LogP contribution is -2.46. The molecule has 1 amide bonds. The molecule has 7 heteroatoms. The molecule has 1 aromatic heterocycles. The summed E-state index contributed by atoms with van der Waals surface area (Å²) in [6.07, 6.45) is 3.03. The average molecular weight is 378 g/mol. The summed E-state index contributed by atoms with van der Waals surface area (Å²) in [5, 5.41) is 17.1. The van der Waals surface area contributed by atoms with Crippen molar-refractivity contribution in [3.63, 3.8) is 0 Å². The van der Waals surface area contributed by atoms with Crippen LogP contribution in [0.4, 0.5) is 4.39 Å². The Morgan fingerprint density at radius 2 is 2.15 bits per heavy atom. The van der Waals surface area contributed by atoms with E-state index >= 15 is 0 Å². The predicted octanol–water partition coefficient (Wildman–Crippen LogP) is 3.53. The van der Waals surface area contributed by atoms with Gasteiger partial charge in [0, 0.05) is 16.5 Å². The highest BCUT2D eigenvalue weighted by atomic mass is 35.5. The molecule has 1 heterocycles. The van der Waals surface area contributed by atoms with Crippen LogP contribution in [0.15, 0.2) is 18.2 Å². The Morgan fingerprint density at radius 3 is 2.85 bits per heavy atom. The van der Waals surface area contributed by atoms with Crippen LogP contribution in [0, 0.1) is 5.82 Å². The number of aliphatic hydroxyl groups is 1. The van der Waals surface area contributed by atoms with Crippen LogP contribution in [0.2, 0.25) is 5.02 Å². The summed E-state index contributed by atoms with van der Waals surface area (Å²) in [5.74, 6) is -0.212. The number of nitrogens with one attached hydrogen (secondary N) is 1. The van der Waals surface area contributed by atoms with E-state index in [1.54, 1.807) is 30.7 Å². The third-order valence-electron chi connectivity index (χ3n) is 5.39.